The number of alkyl halides is 1. The van der Waals surface area contributed by atoms with Crippen LogP contribution in [0, 0.1) is 0 Å². The molecule has 1 rings (SSSR count). The van der Waals surface area contributed by atoms with E-state index in [9.17, 15) is 0 Å². The van der Waals surface area contributed by atoms with Gasteiger partial charge in [0.25, 0.3) is 0 Å². The number of hydrogen-bond donors (Lipinski definition) is 0. The lowest BCUT2D eigenvalue weighted by atomic mass is 10.2. The first kappa shape index (κ1) is 10.6. The van der Waals surface area contributed by atoms with Gasteiger partial charge in [-0.15, -0.1) is 0 Å². The first-order chi connectivity index (χ1) is 6.33. The van der Waals surface area contributed by atoms with E-state index < -0.39 is 0 Å². The molecule has 13 heavy (non-hydrogen) atoms. The van der Waals surface area contributed by atoms with Crippen LogP contribution < -0.4 is 4.74 Å². The zero-order valence-corrected chi connectivity index (χ0v) is 9.67. The number of nitrogens with zero attached hydrogens (tertiary/aromatic N) is 2. The molecule has 3 nitrogen and oxygen atoms in total. The Morgan fingerprint density at radius 3 is 2.92 bits per heavy atom. The highest BCUT2D eigenvalue weighted by Crippen LogP contribution is 2.19. The van der Waals surface area contributed by atoms with Gasteiger partial charge in [-0.3, -0.25) is 4.68 Å². The second kappa shape index (κ2) is 5.27. The van der Waals surface area contributed by atoms with Gasteiger partial charge in [0.2, 0.25) is 0 Å². The van der Waals surface area contributed by atoms with Crippen LogP contribution in [0.3, 0.4) is 0 Å². The van der Waals surface area contributed by atoms with Crippen LogP contribution in [0.25, 0.3) is 0 Å². The molecule has 0 bridgehead atoms. The Kier molecular flexibility index (Phi) is 4.28. The number of halogens is 1. The summed E-state index contributed by atoms with van der Waals surface area (Å²) in [5.41, 5.74) is 1.20. The Labute approximate surface area is 87.2 Å². The Morgan fingerprint density at radius 2 is 2.38 bits per heavy atom. The monoisotopic (exact) mass is 246 g/mol. The molecule has 1 aromatic rings. The fraction of sp³-hybridized carbons (Fsp3) is 0.667. The zero-order valence-electron chi connectivity index (χ0n) is 8.09. The fourth-order valence-electron chi connectivity index (χ4n) is 1.32. The van der Waals surface area contributed by atoms with Gasteiger partial charge in [-0.25, -0.2) is 0 Å². The van der Waals surface area contributed by atoms with E-state index in [2.05, 4.69) is 28.0 Å². The van der Waals surface area contributed by atoms with Crippen molar-refractivity contribution in [2.75, 3.05) is 12.4 Å². The summed E-state index contributed by atoms with van der Waals surface area (Å²) < 4.78 is 7.21. The highest BCUT2D eigenvalue weighted by atomic mass is 79.9. The number of ether oxygens (including phenoxy) is 1. The molecule has 0 saturated heterocycles. The van der Waals surface area contributed by atoms with Crippen molar-refractivity contribution in [3.05, 3.63) is 11.9 Å². The minimum Gasteiger partial charge on any atom is -0.493 e. The molecule has 74 valence electrons. The van der Waals surface area contributed by atoms with Gasteiger partial charge in [-0.1, -0.05) is 15.9 Å². The average Bonchev–Trinajstić information content (AvgIpc) is 2.56. The predicted octanol–water partition coefficient (Wildman–Crippen LogP) is 2.24. The van der Waals surface area contributed by atoms with Gasteiger partial charge in [0.1, 0.15) is 0 Å². The van der Waals surface area contributed by atoms with E-state index in [1.807, 2.05) is 4.68 Å². The smallest absolute Gasteiger partial charge is 0.159 e. The molecule has 0 saturated carbocycles. The lowest BCUT2D eigenvalue weighted by Gasteiger charge is -2.05. The van der Waals surface area contributed by atoms with Crippen LogP contribution in [0.4, 0.5) is 0 Å². The first-order valence-corrected chi connectivity index (χ1v) is 5.60. The second-order valence-electron chi connectivity index (χ2n) is 2.77. The van der Waals surface area contributed by atoms with E-state index in [4.69, 9.17) is 4.74 Å². The van der Waals surface area contributed by atoms with Crippen molar-refractivity contribution < 1.29 is 4.74 Å². The molecular formula is C9H15BrN2O. The normalized spacial score (nSPS) is 10.4. The Balaban J connectivity index is 2.78. The molecule has 0 unspecified atom stereocenters. The zero-order chi connectivity index (χ0) is 9.68. The molecule has 0 aliphatic heterocycles. The van der Waals surface area contributed by atoms with Gasteiger partial charge in [-0.05, 0) is 19.8 Å². The molecular weight excluding hydrogens is 232 g/mol. The third kappa shape index (κ3) is 2.46. The molecule has 1 heterocycles. The molecule has 0 aromatic carbocycles. The summed E-state index contributed by atoms with van der Waals surface area (Å²) in [5.74, 6) is 0.905. The Hall–Kier alpha value is -0.510. The third-order valence-electron chi connectivity index (χ3n) is 1.98. The van der Waals surface area contributed by atoms with E-state index in [0.717, 1.165) is 30.5 Å². The Bertz CT molecular complexity index is 239. The van der Waals surface area contributed by atoms with Crippen LogP contribution >= 0.6 is 15.9 Å². The molecule has 0 radical (unpaired) electrons. The fourth-order valence-corrected chi connectivity index (χ4v) is 1.60. The quantitative estimate of drug-likeness (QED) is 0.746. The highest BCUT2D eigenvalue weighted by Gasteiger charge is 2.08. The summed E-state index contributed by atoms with van der Waals surface area (Å²) in [7, 11) is 1.69. The second-order valence-corrected chi connectivity index (χ2v) is 3.56. The van der Waals surface area contributed by atoms with Gasteiger partial charge in [0.15, 0.2) is 5.75 Å². The maximum atomic E-state index is 5.23. The molecule has 0 fully saturated rings. The highest BCUT2D eigenvalue weighted by molar-refractivity contribution is 9.09. The summed E-state index contributed by atoms with van der Waals surface area (Å²) in [6.45, 7) is 2.99. The van der Waals surface area contributed by atoms with Crippen LogP contribution in [-0.4, -0.2) is 22.2 Å². The largest absolute Gasteiger partial charge is 0.493 e. The summed E-state index contributed by atoms with van der Waals surface area (Å²) in [4.78, 5) is 0. The first-order valence-electron chi connectivity index (χ1n) is 4.48. The SMILES string of the molecule is CCn1ncc(OC)c1CCCBr. The van der Waals surface area contributed by atoms with E-state index in [-0.39, 0.29) is 0 Å². The topological polar surface area (TPSA) is 27.1 Å². The van der Waals surface area contributed by atoms with Gasteiger partial charge < -0.3 is 4.74 Å². The van der Waals surface area contributed by atoms with Gasteiger partial charge in [-0.2, -0.15) is 5.10 Å². The summed E-state index contributed by atoms with van der Waals surface area (Å²) in [5, 5.41) is 5.25. The average molecular weight is 247 g/mol. The molecule has 0 aliphatic carbocycles. The molecule has 0 N–H and O–H groups in total. The predicted molar refractivity (Wildman–Crippen MR) is 56.6 cm³/mol. The number of rotatable bonds is 5. The van der Waals surface area contributed by atoms with Crippen LogP contribution in [0.5, 0.6) is 5.75 Å². The molecule has 0 amide bonds. The third-order valence-corrected chi connectivity index (χ3v) is 2.54. The number of aromatic nitrogens is 2. The van der Waals surface area contributed by atoms with Crippen molar-refractivity contribution in [1.82, 2.24) is 9.78 Å². The Morgan fingerprint density at radius 1 is 1.62 bits per heavy atom. The van der Waals surface area contributed by atoms with Gasteiger partial charge in [0, 0.05) is 11.9 Å². The van der Waals surface area contributed by atoms with Crippen LogP contribution in [-0.2, 0) is 13.0 Å². The van der Waals surface area contributed by atoms with E-state index in [1.165, 1.54) is 5.69 Å². The van der Waals surface area contributed by atoms with Crippen LogP contribution in [0.15, 0.2) is 6.20 Å². The summed E-state index contributed by atoms with van der Waals surface area (Å²) >= 11 is 3.42. The lowest BCUT2D eigenvalue weighted by Crippen LogP contribution is -2.03. The minimum atomic E-state index is 0.904. The maximum Gasteiger partial charge on any atom is 0.159 e. The number of aryl methyl sites for hydroxylation is 1. The summed E-state index contributed by atoms with van der Waals surface area (Å²) in [6, 6.07) is 0. The molecule has 4 heteroatoms. The summed E-state index contributed by atoms with van der Waals surface area (Å²) in [6.07, 6.45) is 3.91. The number of hydrogen-bond acceptors (Lipinski definition) is 2. The maximum absolute atomic E-state index is 5.23. The van der Waals surface area contributed by atoms with E-state index >= 15 is 0 Å². The van der Waals surface area contributed by atoms with Crippen molar-refractivity contribution in [3.8, 4) is 5.75 Å². The van der Waals surface area contributed by atoms with Crippen LogP contribution in [0.2, 0.25) is 0 Å². The van der Waals surface area contributed by atoms with Gasteiger partial charge in [0.05, 0.1) is 19.0 Å². The van der Waals surface area contributed by atoms with E-state index in [1.54, 1.807) is 13.3 Å². The van der Waals surface area contributed by atoms with E-state index in [0.29, 0.717) is 0 Å². The molecule has 0 spiro atoms. The van der Waals surface area contributed by atoms with Gasteiger partial charge >= 0.3 is 0 Å². The molecule has 0 aliphatic rings. The van der Waals surface area contributed by atoms with Crippen molar-refractivity contribution in [1.29, 1.82) is 0 Å². The van der Waals surface area contributed by atoms with Crippen LogP contribution in [0.1, 0.15) is 19.0 Å². The molecule has 1 aromatic heterocycles. The minimum absolute atomic E-state index is 0.904. The standard InChI is InChI=1S/C9H15BrN2O/c1-3-12-8(5-4-6-10)9(13-2)7-11-12/h7H,3-6H2,1-2H3. The van der Waals surface area contributed by atoms with Crippen molar-refractivity contribution in [2.24, 2.45) is 0 Å². The lowest BCUT2D eigenvalue weighted by molar-refractivity contribution is 0.407. The molecule has 0 atom stereocenters. The van der Waals surface area contributed by atoms with Crippen molar-refractivity contribution >= 4 is 15.9 Å². The number of methoxy groups -OCH3 is 1. The van der Waals surface area contributed by atoms with Crippen molar-refractivity contribution in [2.45, 2.75) is 26.3 Å². The van der Waals surface area contributed by atoms with Crippen molar-refractivity contribution in [3.63, 3.8) is 0 Å².